The van der Waals surface area contributed by atoms with Crippen molar-refractivity contribution < 1.29 is 19.8 Å². The predicted octanol–water partition coefficient (Wildman–Crippen LogP) is 3.61. The van der Waals surface area contributed by atoms with Gasteiger partial charge >= 0.3 is 0 Å². The van der Waals surface area contributed by atoms with Crippen molar-refractivity contribution >= 4 is 17.4 Å². The van der Waals surface area contributed by atoms with Gasteiger partial charge < -0.3 is 15.1 Å². The van der Waals surface area contributed by atoms with Crippen molar-refractivity contribution in [3.8, 4) is 0 Å². The van der Waals surface area contributed by atoms with Gasteiger partial charge in [0.1, 0.15) is 5.76 Å². The van der Waals surface area contributed by atoms with Crippen LogP contribution in [0.2, 0.25) is 0 Å². The molecule has 2 aromatic rings. The number of nitrogens with zero attached hydrogens (tertiary/aromatic N) is 1. The number of benzene rings is 2. The minimum atomic E-state index is -0.799. The summed E-state index contributed by atoms with van der Waals surface area (Å²) in [6.45, 7) is 5.75. The number of ketones is 1. The topological polar surface area (TPSA) is 77.8 Å². The number of carbonyl (C=O) groups excluding carboxylic acids is 2. The zero-order valence-corrected chi connectivity index (χ0v) is 16.3. The average Bonchev–Trinajstić information content (AvgIpc) is 2.92. The third kappa shape index (κ3) is 3.71. The van der Waals surface area contributed by atoms with Gasteiger partial charge in [0, 0.05) is 12.1 Å². The van der Waals surface area contributed by atoms with Crippen LogP contribution < -0.4 is 0 Å². The molecule has 146 valence electrons. The first-order chi connectivity index (χ1) is 13.3. The monoisotopic (exact) mass is 379 g/mol. The molecule has 2 aromatic carbocycles. The molecule has 5 heteroatoms. The van der Waals surface area contributed by atoms with Crippen molar-refractivity contribution in [2.75, 3.05) is 6.54 Å². The molecule has 3 rings (SSSR count). The number of amides is 1. The highest BCUT2D eigenvalue weighted by Gasteiger charge is 2.46. The number of Topliss-reactive ketones (excluding diaryl/α,β-unsaturated/α-hetero) is 1. The molecule has 2 N–H and O–H groups in total. The van der Waals surface area contributed by atoms with Crippen molar-refractivity contribution in [2.24, 2.45) is 0 Å². The summed E-state index contributed by atoms with van der Waals surface area (Å²) in [4.78, 5) is 26.8. The van der Waals surface area contributed by atoms with E-state index in [9.17, 15) is 19.8 Å². The predicted molar refractivity (Wildman–Crippen MR) is 108 cm³/mol. The number of β-amino-alcohol motifs (C(OH)–C–C–N with tert-alkyl or cyclic N) is 1. The molecule has 5 nitrogen and oxygen atoms in total. The molecule has 0 aromatic heterocycles. The van der Waals surface area contributed by atoms with Crippen molar-refractivity contribution in [1.82, 2.24) is 4.90 Å². The van der Waals surface area contributed by atoms with Gasteiger partial charge in [0.05, 0.1) is 17.7 Å². The van der Waals surface area contributed by atoms with Gasteiger partial charge in [-0.25, -0.2) is 0 Å². The molecular formula is C23H25NO4. The van der Waals surface area contributed by atoms with Crippen LogP contribution >= 0.6 is 0 Å². The van der Waals surface area contributed by atoms with Crippen LogP contribution in [0.4, 0.5) is 0 Å². The van der Waals surface area contributed by atoms with Crippen molar-refractivity contribution in [3.63, 3.8) is 0 Å². The lowest BCUT2D eigenvalue weighted by molar-refractivity contribution is -0.140. The summed E-state index contributed by atoms with van der Waals surface area (Å²) in [5.74, 6) is -1.30. The quantitative estimate of drug-likeness (QED) is 0.473. The second-order valence-corrected chi connectivity index (χ2v) is 7.49. The van der Waals surface area contributed by atoms with E-state index in [1.165, 1.54) is 4.90 Å². The Hall–Kier alpha value is -2.92. The molecule has 0 radical (unpaired) electrons. The highest BCUT2D eigenvalue weighted by Crippen LogP contribution is 2.39. The van der Waals surface area contributed by atoms with Crippen LogP contribution in [0.1, 0.15) is 49.4 Å². The molecule has 2 unspecified atom stereocenters. The van der Waals surface area contributed by atoms with Gasteiger partial charge in [0.25, 0.3) is 11.7 Å². The summed E-state index contributed by atoms with van der Waals surface area (Å²) in [5.41, 5.74) is 2.39. The third-order valence-corrected chi connectivity index (χ3v) is 4.97. The Bertz CT molecular complexity index is 898. The van der Waals surface area contributed by atoms with E-state index in [2.05, 4.69) is 13.8 Å². The number of carbonyl (C=O) groups is 2. The van der Waals surface area contributed by atoms with E-state index in [0.717, 1.165) is 11.1 Å². The Morgan fingerprint density at radius 2 is 1.61 bits per heavy atom. The second-order valence-electron chi connectivity index (χ2n) is 7.49. The van der Waals surface area contributed by atoms with Crippen LogP contribution in [0.15, 0.2) is 60.2 Å². The molecule has 28 heavy (non-hydrogen) atoms. The maximum atomic E-state index is 12.8. The molecule has 0 aliphatic carbocycles. The molecule has 1 fully saturated rings. The van der Waals surface area contributed by atoms with E-state index < -0.39 is 23.8 Å². The maximum Gasteiger partial charge on any atom is 0.295 e. The lowest BCUT2D eigenvalue weighted by atomic mass is 9.93. The first-order valence-corrected chi connectivity index (χ1v) is 9.43. The van der Waals surface area contributed by atoms with Gasteiger partial charge in [0.15, 0.2) is 0 Å². The number of aliphatic hydroxyl groups excluding tert-OH is 2. The summed E-state index contributed by atoms with van der Waals surface area (Å²) >= 11 is 0. The van der Waals surface area contributed by atoms with E-state index in [1.54, 1.807) is 31.2 Å². The van der Waals surface area contributed by atoms with Gasteiger partial charge in [0.2, 0.25) is 0 Å². The zero-order chi connectivity index (χ0) is 20.4. The molecular weight excluding hydrogens is 354 g/mol. The van der Waals surface area contributed by atoms with Crippen LogP contribution in [0.5, 0.6) is 0 Å². The fourth-order valence-corrected chi connectivity index (χ4v) is 3.51. The molecule has 1 heterocycles. The molecule has 1 aliphatic heterocycles. The van der Waals surface area contributed by atoms with Crippen LogP contribution in [0.3, 0.4) is 0 Å². The number of hydrogen-bond acceptors (Lipinski definition) is 4. The van der Waals surface area contributed by atoms with E-state index >= 15 is 0 Å². The molecule has 1 aliphatic rings. The standard InChI is InChI=1S/C23H25NO4/c1-14(2)16-9-11-17(12-10-16)20-19(21(26)18-7-5-4-6-8-18)22(27)23(28)24(20)13-15(3)25/h4-12,14-15,20,25-26H,13H2,1-3H3/b21-19-. The van der Waals surface area contributed by atoms with Crippen molar-refractivity contribution in [2.45, 2.75) is 38.8 Å². The lowest BCUT2D eigenvalue weighted by Gasteiger charge is -2.26. The Morgan fingerprint density at radius 3 is 2.14 bits per heavy atom. The largest absolute Gasteiger partial charge is 0.507 e. The van der Waals surface area contributed by atoms with Gasteiger partial charge in [-0.15, -0.1) is 0 Å². The Morgan fingerprint density at radius 1 is 1.00 bits per heavy atom. The first-order valence-electron chi connectivity index (χ1n) is 9.43. The summed E-state index contributed by atoms with van der Waals surface area (Å²) in [6, 6.07) is 15.6. The van der Waals surface area contributed by atoms with E-state index in [-0.39, 0.29) is 17.9 Å². The molecule has 2 atom stereocenters. The third-order valence-electron chi connectivity index (χ3n) is 4.97. The molecule has 1 saturated heterocycles. The summed E-state index contributed by atoms with van der Waals surface area (Å²) < 4.78 is 0. The highest BCUT2D eigenvalue weighted by atomic mass is 16.3. The smallest absolute Gasteiger partial charge is 0.295 e. The van der Waals surface area contributed by atoms with E-state index in [0.29, 0.717) is 11.5 Å². The molecule has 0 bridgehead atoms. The molecule has 1 amide bonds. The normalized spacial score (nSPS) is 20.0. The van der Waals surface area contributed by atoms with Crippen LogP contribution in [-0.2, 0) is 9.59 Å². The Balaban J connectivity index is 2.15. The van der Waals surface area contributed by atoms with Gasteiger partial charge in [-0.05, 0) is 24.0 Å². The van der Waals surface area contributed by atoms with Gasteiger partial charge in [-0.3, -0.25) is 9.59 Å². The van der Waals surface area contributed by atoms with Gasteiger partial charge in [-0.2, -0.15) is 0 Å². The Labute approximate surface area is 164 Å². The fourth-order valence-electron chi connectivity index (χ4n) is 3.51. The van der Waals surface area contributed by atoms with Crippen LogP contribution in [0.25, 0.3) is 5.76 Å². The highest BCUT2D eigenvalue weighted by molar-refractivity contribution is 6.46. The first kappa shape index (κ1) is 19.8. The number of likely N-dealkylation sites (tertiary alicyclic amines) is 1. The number of rotatable bonds is 5. The van der Waals surface area contributed by atoms with Crippen molar-refractivity contribution in [1.29, 1.82) is 0 Å². The number of aliphatic hydroxyl groups is 2. The summed E-state index contributed by atoms with van der Waals surface area (Å²) in [6.07, 6.45) is -0.799. The minimum Gasteiger partial charge on any atom is -0.507 e. The summed E-state index contributed by atoms with van der Waals surface area (Å²) in [7, 11) is 0. The van der Waals surface area contributed by atoms with Crippen molar-refractivity contribution in [3.05, 3.63) is 76.9 Å². The Kier molecular flexibility index (Phi) is 5.66. The fraction of sp³-hybridized carbons (Fsp3) is 0.304. The molecule has 0 spiro atoms. The second kappa shape index (κ2) is 7.98. The van der Waals surface area contributed by atoms with Gasteiger partial charge in [-0.1, -0.05) is 68.4 Å². The van der Waals surface area contributed by atoms with E-state index in [4.69, 9.17) is 0 Å². The lowest BCUT2D eigenvalue weighted by Crippen LogP contribution is -2.35. The maximum absolute atomic E-state index is 12.8. The van der Waals surface area contributed by atoms with E-state index in [1.807, 2.05) is 30.3 Å². The molecule has 0 saturated carbocycles. The minimum absolute atomic E-state index is 0.00669. The average molecular weight is 379 g/mol. The summed E-state index contributed by atoms with van der Waals surface area (Å²) in [5, 5.41) is 20.7. The number of hydrogen-bond donors (Lipinski definition) is 2. The van der Waals surface area contributed by atoms with Crippen LogP contribution in [0, 0.1) is 0 Å². The SMILES string of the molecule is CC(O)CN1C(=O)C(=O)/C(=C(\O)c2ccccc2)C1c1ccc(C(C)C)cc1. The van der Waals surface area contributed by atoms with Crippen LogP contribution in [-0.4, -0.2) is 39.5 Å². The zero-order valence-electron chi connectivity index (χ0n) is 16.3.